The van der Waals surface area contributed by atoms with E-state index in [1.165, 1.54) is 6.20 Å². The van der Waals surface area contributed by atoms with Crippen LogP contribution in [0, 0.1) is 0 Å². The van der Waals surface area contributed by atoms with Crippen LogP contribution in [0.1, 0.15) is 10.4 Å². The third kappa shape index (κ3) is 3.42. The molecule has 104 valence electrons. The SMILES string of the molecule is CNc1ccc(C(=O)Nc2c(Cl)cc(Br)cc2Cl)cn1. The number of amides is 1. The molecule has 2 aromatic rings. The van der Waals surface area contributed by atoms with E-state index in [2.05, 4.69) is 31.5 Å². The number of carbonyl (C=O) groups is 1. The van der Waals surface area contributed by atoms with Gasteiger partial charge in [-0.3, -0.25) is 4.79 Å². The first-order valence-electron chi connectivity index (χ1n) is 5.61. The summed E-state index contributed by atoms with van der Waals surface area (Å²) in [6.07, 6.45) is 1.47. The number of rotatable bonds is 3. The maximum absolute atomic E-state index is 12.1. The van der Waals surface area contributed by atoms with E-state index < -0.39 is 0 Å². The molecule has 0 aliphatic heterocycles. The molecule has 0 saturated carbocycles. The van der Waals surface area contributed by atoms with Crippen molar-refractivity contribution in [3.8, 4) is 0 Å². The molecule has 0 fully saturated rings. The predicted octanol–water partition coefficient (Wildman–Crippen LogP) is 4.44. The zero-order valence-electron chi connectivity index (χ0n) is 10.4. The zero-order chi connectivity index (χ0) is 14.7. The van der Waals surface area contributed by atoms with Crippen LogP contribution in [0.5, 0.6) is 0 Å². The van der Waals surface area contributed by atoms with Crippen LogP contribution in [0.4, 0.5) is 11.5 Å². The second-order valence-corrected chi connectivity index (χ2v) is 5.61. The molecular formula is C13H10BrCl2N3O. The molecule has 0 saturated heterocycles. The number of hydrogen-bond donors (Lipinski definition) is 2. The van der Waals surface area contributed by atoms with Gasteiger partial charge in [-0.2, -0.15) is 0 Å². The van der Waals surface area contributed by atoms with Gasteiger partial charge >= 0.3 is 0 Å². The van der Waals surface area contributed by atoms with Gasteiger partial charge in [0, 0.05) is 17.7 Å². The van der Waals surface area contributed by atoms with E-state index in [1.54, 1.807) is 31.3 Å². The van der Waals surface area contributed by atoms with Crippen molar-refractivity contribution in [3.05, 3.63) is 50.5 Å². The van der Waals surface area contributed by atoms with Crippen LogP contribution >= 0.6 is 39.1 Å². The Balaban J connectivity index is 2.23. The van der Waals surface area contributed by atoms with Crippen LogP contribution in [-0.4, -0.2) is 17.9 Å². The molecule has 2 rings (SSSR count). The van der Waals surface area contributed by atoms with E-state index in [4.69, 9.17) is 23.2 Å². The molecule has 1 heterocycles. The molecule has 4 nitrogen and oxygen atoms in total. The number of benzene rings is 1. The summed E-state index contributed by atoms with van der Waals surface area (Å²) in [6, 6.07) is 6.69. The molecule has 1 aromatic carbocycles. The fraction of sp³-hybridized carbons (Fsp3) is 0.0769. The Morgan fingerprint density at radius 2 is 1.90 bits per heavy atom. The van der Waals surface area contributed by atoms with Gasteiger partial charge in [0.15, 0.2) is 0 Å². The number of pyridine rings is 1. The molecule has 0 spiro atoms. The van der Waals surface area contributed by atoms with Crippen molar-refractivity contribution in [2.45, 2.75) is 0 Å². The normalized spacial score (nSPS) is 10.2. The van der Waals surface area contributed by atoms with Gasteiger partial charge in [-0.1, -0.05) is 39.1 Å². The maximum atomic E-state index is 12.1. The van der Waals surface area contributed by atoms with Crippen molar-refractivity contribution in [2.24, 2.45) is 0 Å². The summed E-state index contributed by atoms with van der Waals surface area (Å²) in [4.78, 5) is 16.2. The summed E-state index contributed by atoms with van der Waals surface area (Å²) < 4.78 is 0.741. The van der Waals surface area contributed by atoms with Crippen LogP contribution in [0.15, 0.2) is 34.9 Å². The van der Waals surface area contributed by atoms with Crippen LogP contribution in [0.3, 0.4) is 0 Å². The van der Waals surface area contributed by atoms with E-state index in [-0.39, 0.29) is 5.91 Å². The van der Waals surface area contributed by atoms with Gasteiger partial charge in [-0.25, -0.2) is 4.98 Å². The van der Waals surface area contributed by atoms with Crippen LogP contribution in [0.2, 0.25) is 10.0 Å². The number of nitrogens with zero attached hydrogens (tertiary/aromatic N) is 1. The maximum Gasteiger partial charge on any atom is 0.257 e. The van der Waals surface area contributed by atoms with E-state index in [0.29, 0.717) is 27.1 Å². The summed E-state index contributed by atoms with van der Waals surface area (Å²) in [6.45, 7) is 0. The fourth-order valence-electron chi connectivity index (χ4n) is 1.52. The predicted molar refractivity (Wildman–Crippen MR) is 85.9 cm³/mol. The van der Waals surface area contributed by atoms with Gasteiger partial charge in [0.05, 0.1) is 21.3 Å². The molecule has 0 bridgehead atoms. The first-order chi connectivity index (χ1) is 9.51. The highest BCUT2D eigenvalue weighted by molar-refractivity contribution is 9.10. The van der Waals surface area contributed by atoms with Crippen LogP contribution in [-0.2, 0) is 0 Å². The van der Waals surface area contributed by atoms with Crippen molar-refractivity contribution in [3.63, 3.8) is 0 Å². The average molecular weight is 375 g/mol. The molecular weight excluding hydrogens is 365 g/mol. The number of carbonyl (C=O) groups excluding carboxylic acids is 1. The van der Waals surface area contributed by atoms with Crippen molar-refractivity contribution < 1.29 is 4.79 Å². The lowest BCUT2D eigenvalue weighted by Gasteiger charge is -2.10. The summed E-state index contributed by atoms with van der Waals surface area (Å²) >= 11 is 15.4. The second kappa shape index (κ2) is 6.43. The number of anilines is 2. The number of halogens is 3. The Morgan fingerprint density at radius 3 is 2.40 bits per heavy atom. The highest BCUT2D eigenvalue weighted by Gasteiger charge is 2.13. The third-order valence-electron chi connectivity index (χ3n) is 2.53. The van der Waals surface area contributed by atoms with Gasteiger partial charge in [-0.05, 0) is 24.3 Å². The average Bonchev–Trinajstić information content (AvgIpc) is 2.42. The van der Waals surface area contributed by atoms with Crippen molar-refractivity contribution in [1.29, 1.82) is 0 Å². The molecule has 7 heteroatoms. The van der Waals surface area contributed by atoms with Crippen molar-refractivity contribution in [1.82, 2.24) is 4.98 Å². The largest absolute Gasteiger partial charge is 0.373 e. The third-order valence-corrected chi connectivity index (χ3v) is 3.58. The molecule has 1 aromatic heterocycles. The number of nitrogens with one attached hydrogen (secondary N) is 2. The van der Waals surface area contributed by atoms with E-state index in [0.717, 1.165) is 4.47 Å². The summed E-state index contributed by atoms with van der Waals surface area (Å²) in [5, 5.41) is 6.27. The topological polar surface area (TPSA) is 54.0 Å². The zero-order valence-corrected chi connectivity index (χ0v) is 13.5. The molecule has 20 heavy (non-hydrogen) atoms. The van der Waals surface area contributed by atoms with Gasteiger partial charge in [0.2, 0.25) is 0 Å². The summed E-state index contributed by atoms with van der Waals surface area (Å²) in [5.41, 5.74) is 0.790. The first kappa shape index (κ1) is 15.1. The van der Waals surface area contributed by atoms with E-state index in [9.17, 15) is 4.79 Å². The standard InChI is InChI=1S/C13H10BrCl2N3O/c1-17-11-3-2-7(6-18-11)13(20)19-12-9(15)4-8(14)5-10(12)16/h2-6H,1H3,(H,17,18)(H,19,20). The van der Waals surface area contributed by atoms with Crippen LogP contribution < -0.4 is 10.6 Å². The van der Waals surface area contributed by atoms with Crippen molar-refractivity contribution >= 4 is 56.5 Å². The minimum atomic E-state index is -0.328. The smallest absolute Gasteiger partial charge is 0.257 e. The molecule has 0 unspecified atom stereocenters. The number of hydrogen-bond acceptors (Lipinski definition) is 3. The lowest BCUT2D eigenvalue weighted by molar-refractivity contribution is 0.102. The van der Waals surface area contributed by atoms with Gasteiger partial charge in [0.1, 0.15) is 5.82 Å². The Morgan fingerprint density at radius 1 is 1.25 bits per heavy atom. The van der Waals surface area contributed by atoms with E-state index >= 15 is 0 Å². The molecule has 0 radical (unpaired) electrons. The summed E-state index contributed by atoms with van der Waals surface area (Å²) in [5.74, 6) is 0.354. The van der Waals surface area contributed by atoms with E-state index in [1.807, 2.05) is 0 Å². The molecule has 0 atom stereocenters. The van der Waals surface area contributed by atoms with Gasteiger partial charge < -0.3 is 10.6 Å². The Bertz CT molecular complexity index is 624. The van der Waals surface area contributed by atoms with Crippen LogP contribution in [0.25, 0.3) is 0 Å². The van der Waals surface area contributed by atoms with Crippen molar-refractivity contribution in [2.75, 3.05) is 17.7 Å². The second-order valence-electron chi connectivity index (χ2n) is 3.88. The first-order valence-corrected chi connectivity index (χ1v) is 7.16. The fourth-order valence-corrected chi connectivity index (χ4v) is 2.83. The quantitative estimate of drug-likeness (QED) is 0.834. The highest BCUT2D eigenvalue weighted by atomic mass is 79.9. The van der Waals surface area contributed by atoms with Gasteiger partial charge in [-0.15, -0.1) is 0 Å². The monoisotopic (exact) mass is 373 g/mol. The lowest BCUT2D eigenvalue weighted by Crippen LogP contribution is -2.13. The van der Waals surface area contributed by atoms with Gasteiger partial charge in [0.25, 0.3) is 5.91 Å². The Labute approximate surface area is 134 Å². The Hall–Kier alpha value is -1.30. The Kier molecular flexibility index (Phi) is 4.86. The minimum Gasteiger partial charge on any atom is -0.373 e. The summed E-state index contributed by atoms with van der Waals surface area (Å²) in [7, 11) is 1.75. The molecule has 1 amide bonds. The molecule has 0 aliphatic carbocycles. The molecule has 0 aliphatic rings. The minimum absolute atomic E-state index is 0.328. The lowest BCUT2D eigenvalue weighted by atomic mass is 10.2. The number of aromatic nitrogens is 1. The molecule has 2 N–H and O–H groups in total. The highest BCUT2D eigenvalue weighted by Crippen LogP contribution is 2.34.